The second-order valence-corrected chi connectivity index (χ2v) is 10.5. The van der Waals surface area contributed by atoms with Gasteiger partial charge < -0.3 is 15.2 Å². The van der Waals surface area contributed by atoms with Crippen LogP contribution in [0.4, 0.5) is 4.79 Å². The lowest BCUT2D eigenvalue weighted by Crippen LogP contribution is -2.59. The lowest BCUT2D eigenvalue weighted by molar-refractivity contribution is -0.126. The number of rotatable bonds is 6. The minimum absolute atomic E-state index is 0.219. The molecule has 0 radical (unpaired) electrons. The summed E-state index contributed by atoms with van der Waals surface area (Å²) in [5.41, 5.74) is 5.99. The molecule has 0 aromatic heterocycles. The van der Waals surface area contributed by atoms with E-state index < -0.39 is 35.6 Å². The molecule has 8 heteroatoms. The van der Waals surface area contributed by atoms with Gasteiger partial charge in [-0.25, -0.2) is 4.79 Å². The molecule has 2 aromatic carbocycles. The third-order valence-electron chi connectivity index (χ3n) is 5.70. The fraction of sp³-hybridized carbons (Fsp3) is 0.440. The summed E-state index contributed by atoms with van der Waals surface area (Å²) in [5.74, 6) is 0.234. The molecule has 0 saturated carbocycles. The molecule has 2 fully saturated rings. The van der Waals surface area contributed by atoms with Gasteiger partial charge in [0.2, 0.25) is 11.6 Å². The number of nitrogens with one attached hydrogen (secondary N) is 1. The van der Waals surface area contributed by atoms with E-state index in [1.165, 1.54) is 4.90 Å². The fourth-order valence-corrected chi connectivity index (χ4v) is 5.63. The van der Waals surface area contributed by atoms with Crippen LogP contribution in [0.5, 0.6) is 0 Å². The number of hydrogen-bond donors (Lipinski definition) is 2. The van der Waals surface area contributed by atoms with E-state index in [1.807, 2.05) is 60.7 Å². The predicted octanol–water partition coefficient (Wildman–Crippen LogP) is 3.45. The van der Waals surface area contributed by atoms with Gasteiger partial charge in [0.15, 0.2) is 6.23 Å². The van der Waals surface area contributed by atoms with Crippen LogP contribution in [0.25, 0.3) is 0 Å². The number of fused-ring (bicyclic) bond motifs is 1. The van der Waals surface area contributed by atoms with Gasteiger partial charge in [-0.2, -0.15) is 0 Å². The highest BCUT2D eigenvalue weighted by Gasteiger charge is 2.70. The maximum Gasteiger partial charge on any atom is 0.413 e. The van der Waals surface area contributed by atoms with E-state index in [1.54, 1.807) is 32.5 Å². The Morgan fingerprint density at radius 2 is 1.82 bits per heavy atom. The number of nitrogens with two attached hydrogens (primary N) is 1. The molecule has 4 atom stereocenters. The van der Waals surface area contributed by atoms with Gasteiger partial charge in [-0.15, -0.1) is 11.8 Å². The summed E-state index contributed by atoms with van der Waals surface area (Å²) in [6.45, 7) is 6.13. The second-order valence-electron chi connectivity index (χ2n) is 9.32. The van der Waals surface area contributed by atoms with Crippen molar-refractivity contribution in [2.24, 2.45) is 5.73 Å². The Kier molecular flexibility index (Phi) is 6.70. The standard InChI is InChI=1S/C25H31N3O4S/c1-24(2,3)32-23(30)28(19(21(26)29)16-17-10-6-4-7-11-17)25-20(18-12-8-5-9-13-18)33-15-14-27-22(25)31-25/h4-13,19-20,22,27H,14-16H2,1-3H3,(H2,26,29)/t19-,20?,22?,25?/m0/s1. The van der Waals surface area contributed by atoms with Crippen molar-refractivity contribution in [3.8, 4) is 0 Å². The van der Waals surface area contributed by atoms with E-state index in [0.29, 0.717) is 0 Å². The largest absolute Gasteiger partial charge is 0.444 e. The van der Waals surface area contributed by atoms with Crippen molar-refractivity contribution in [2.75, 3.05) is 12.3 Å². The van der Waals surface area contributed by atoms with Gasteiger partial charge in [0, 0.05) is 18.7 Å². The summed E-state index contributed by atoms with van der Waals surface area (Å²) in [5, 5.41) is 3.15. The quantitative estimate of drug-likeness (QED) is 0.629. The number of amides is 2. The van der Waals surface area contributed by atoms with Crippen LogP contribution < -0.4 is 11.1 Å². The van der Waals surface area contributed by atoms with Crippen molar-refractivity contribution < 1.29 is 19.1 Å². The first-order valence-electron chi connectivity index (χ1n) is 11.2. The zero-order chi connectivity index (χ0) is 23.6. The fourth-order valence-electron chi connectivity index (χ4n) is 4.28. The minimum atomic E-state index is -1.10. The molecule has 2 aromatic rings. The van der Waals surface area contributed by atoms with Gasteiger partial charge in [-0.1, -0.05) is 60.7 Å². The molecule has 2 amide bonds. The first kappa shape index (κ1) is 23.6. The van der Waals surface area contributed by atoms with Crippen molar-refractivity contribution >= 4 is 23.8 Å². The third-order valence-corrected chi connectivity index (χ3v) is 7.08. The number of thioether (sulfide) groups is 1. The van der Waals surface area contributed by atoms with Crippen molar-refractivity contribution in [1.82, 2.24) is 10.2 Å². The number of nitrogens with zero attached hydrogens (tertiary/aromatic N) is 1. The molecule has 0 spiro atoms. The smallest absolute Gasteiger partial charge is 0.413 e. The van der Waals surface area contributed by atoms with Gasteiger partial charge in [0.1, 0.15) is 11.6 Å². The van der Waals surface area contributed by atoms with Crippen LogP contribution in [0, 0.1) is 0 Å². The van der Waals surface area contributed by atoms with Crippen LogP contribution in [0.3, 0.4) is 0 Å². The summed E-state index contributed by atoms with van der Waals surface area (Å²) in [7, 11) is 0. The SMILES string of the molecule is CC(C)(C)OC(=O)N([C@@H](Cc1ccccc1)C(N)=O)C12OC1NCCSC2c1ccccc1. The average Bonchev–Trinajstić information content (AvgIpc) is 3.49. The molecule has 0 aliphatic carbocycles. The highest BCUT2D eigenvalue weighted by atomic mass is 32.2. The van der Waals surface area contributed by atoms with E-state index in [4.69, 9.17) is 15.2 Å². The molecular weight excluding hydrogens is 438 g/mol. The van der Waals surface area contributed by atoms with Crippen molar-refractivity contribution in [2.45, 2.75) is 56.0 Å². The molecule has 3 unspecified atom stereocenters. The summed E-state index contributed by atoms with van der Waals surface area (Å²) in [6.07, 6.45) is -0.780. The van der Waals surface area contributed by atoms with Gasteiger partial charge in [0.05, 0.1) is 5.25 Å². The number of primary amides is 1. The first-order valence-corrected chi connectivity index (χ1v) is 12.2. The molecule has 176 valence electrons. The highest BCUT2D eigenvalue weighted by Crippen LogP contribution is 2.56. The maximum atomic E-state index is 13.7. The Morgan fingerprint density at radius 3 is 2.42 bits per heavy atom. The van der Waals surface area contributed by atoms with Crippen molar-refractivity contribution in [3.05, 3.63) is 71.8 Å². The molecule has 3 N–H and O–H groups in total. The second kappa shape index (κ2) is 9.37. The normalized spacial score (nSPS) is 25.3. The number of hydrogen-bond acceptors (Lipinski definition) is 6. The van der Waals surface area contributed by atoms with E-state index in [0.717, 1.165) is 23.4 Å². The molecule has 4 rings (SSSR count). The number of carbonyl (C=O) groups excluding carboxylic acids is 2. The van der Waals surface area contributed by atoms with E-state index in [-0.39, 0.29) is 11.7 Å². The van der Waals surface area contributed by atoms with Crippen LogP contribution in [0.2, 0.25) is 0 Å². The monoisotopic (exact) mass is 469 g/mol. The number of epoxide rings is 1. The molecule has 0 bridgehead atoms. The summed E-state index contributed by atoms with van der Waals surface area (Å²) in [4.78, 5) is 28.0. The number of carbonyl (C=O) groups is 2. The highest BCUT2D eigenvalue weighted by molar-refractivity contribution is 7.99. The number of ether oxygens (including phenoxy) is 2. The lowest BCUT2D eigenvalue weighted by atomic mass is 9.98. The molecule has 2 aliphatic rings. The first-order chi connectivity index (χ1) is 15.7. The zero-order valence-electron chi connectivity index (χ0n) is 19.2. The van der Waals surface area contributed by atoms with Crippen LogP contribution in [0.1, 0.15) is 37.1 Å². The van der Waals surface area contributed by atoms with E-state index in [2.05, 4.69) is 5.32 Å². The molecule has 33 heavy (non-hydrogen) atoms. The summed E-state index contributed by atoms with van der Waals surface area (Å²) in [6, 6.07) is 18.5. The van der Waals surface area contributed by atoms with Crippen molar-refractivity contribution in [3.63, 3.8) is 0 Å². The Hall–Kier alpha value is -2.55. The van der Waals surface area contributed by atoms with Crippen molar-refractivity contribution in [1.29, 1.82) is 0 Å². The average molecular weight is 470 g/mol. The molecular formula is C25H31N3O4S. The van der Waals surface area contributed by atoms with Gasteiger partial charge in [-0.05, 0) is 31.9 Å². The van der Waals surface area contributed by atoms with Crippen LogP contribution >= 0.6 is 11.8 Å². The Bertz CT molecular complexity index is 982. The molecule has 7 nitrogen and oxygen atoms in total. The van der Waals surface area contributed by atoms with Gasteiger partial charge in [0.25, 0.3) is 0 Å². The zero-order valence-corrected chi connectivity index (χ0v) is 20.0. The molecule has 2 saturated heterocycles. The lowest BCUT2D eigenvalue weighted by Gasteiger charge is -2.39. The Balaban J connectivity index is 1.80. The maximum absolute atomic E-state index is 13.7. The van der Waals surface area contributed by atoms with Crippen LogP contribution in [-0.4, -0.2) is 52.8 Å². The summed E-state index contributed by atoms with van der Waals surface area (Å²) >= 11 is 1.70. The topological polar surface area (TPSA) is 97.2 Å². The van der Waals surface area contributed by atoms with Crippen LogP contribution in [0.15, 0.2) is 60.7 Å². The Labute approximate surface area is 199 Å². The van der Waals surface area contributed by atoms with Crippen LogP contribution in [-0.2, 0) is 20.7 Å². The van der Waals surface area contributed by atoms with Gasteiger partial charge >= 0.3 is 6.09 Å². The molecule has 2 heterocycles. The van der Waals surface area contributed by atoms with E-state index in [9.17, 15) is 9.59 Å². The van der Waals surface area contributed by atoms with Gasteiger partial charge in [-0.3, -0.25) is 15.0 Å². The minimum Gasteiger partial charge on any atom is -0.444 e. The Morgan fingerprint density at radius 1 is 1.18 bits per heavy atom. The van der Waals surface area contributed by atoms with E-state index >= 15 is 0 Å². The third kappa shape index (κ3) is 5.03. The summed E-state index contributed by atoms with van der Waals surface area (Å²) < 4.78 is 12.1. The predicted molar refractivity (Wildman–Crippen MR) is 128 cm³/mol. The molecule has 2 aliphatic heterocycles. The number of benzene rings is 2.